The number of piperazine rings is 1. The Labute approximate surface area is 138 Å². The number of carbonyl (C=O) groups excluding carboxylic acids is 2. The molecule has 1 aromatic carbocycles. The van der Waals surface area contributed by atoms with Crippen LogP contribution in [0.4, 0.5) is 5.69 Å². The summed E-state index contributed by atoms with van der Waals surface area (Å²) >= 11 is 0. The highest BCUT2D eigenvalue weighted by molar-refractivity contribution is 6.03. The summed E-state index contributed by atoms with van der Waals surface area (Å²) in [7, 11) is 2.06. The van der Waals surface area contributed by atoms with E-state index >= 15 is 0 Å². The van der Waals surface area contributed by atoms with Crippen LogP contribution < -0.4 is 5.32 Å². The maximum atomic E-state index is 12.7. The van der Waals surface area contributed by atoms with E-state index in [2.05, 4.69) is 24.2 Å². The van der Waals surface area contributed by atoms with Gasteiger partial charge in [0, 0.05) is 32.6 Å². The normalized spacial score (nSPS) is 15.5. The zero-order valence-corrected chi connectivity index (χ0v) is 14.2. The fraction of sp³-hybridized carbons (Fsp3) is 0.556. The lowest BCUT2D eigenvalue weighted by molar-refractivity contribution is -0.116. The van der Waals surface area contributed by atoms with Gasteiger partial charge in [0.25, 0.3) is 5.91 Å². The minimum Gasteiger partial charge on any atom is -0.336 e. The molecule has 23 heavy (non-hydrogen) atoms. The molecule has 0 unspecified atom stereocenters. The first-order valence-electron chi connectivity index (χ1n) is 8.48. The standard InChI is InChI=1S/C18H27N3O2/c1-3-4-5-10-17(22)19-16-9-7-6-8-15(16)18(23)21-13-11-20(2)12-14-21/h6-9H,3-5,10-14H2,1-2H3,(H,19,22). The highest BCUT2D eigenvalue weighted by Crippen LogP contribution is 2.19. The highest BCUT2D eigenvalue weighted by atomic mass is 16.2. The molecule has 1 aliphatic heterocycles. The van der Waals surface area contributed by atoms with E-state index < -0.39 is 0 Å². The van der Waals surface area contributed by atoms with E-state index in [4.69, 9.17) is 0 Å². The summed E-state index contributed by atoms with van der Waals surface area (Å²) in [5.41, 5.74) is 1.21. The van der Waals surface area contributed by atoms with E-state index in [0.29, 0.717) is 17.7 Å². The van der Waals surface area contributed by atoms with Crippen molar-refractivity contribution >= 4 is 17.5 Å². The summed E-state index contributed by atoms with van der Waals surface area (Å²) in [6, 6.07) is 7.29. The molecule has 5 heteroatoms. The van der Waals surface area contributed by atoms with Crippen LogP contribution in [0.5, 0.6) is 0 Å². The molecular formula is C18H27N3O2. The van der Waals surface area contributed by atoms with E-state index in [-0.39, 0.29) is 11.8 Å². The molecule has 0 aliphatic carbocycles. The second-order valence-electron chi connectivity index (χ2n) is 6.15. The van der Waals surface area contributed by atoms with E-state index in [0.717, 1.165) is 45.4 Å². The minimum atomic E-state index is -0.0166. The van der Waals surface area contributed by atoms with Gasteiger partial charge >= 0.3 is 0 Å². The van der Waals surface area contributed by atoms with E-state index in [1.54, 1.807) is 12.1 Å². The van der Waals surface area contributed by atoms with Gasteiger partial charge < -0.3 is 15.1 Å². The van der Waals surface area contributed by atoms with E-state index in [1.807, 2.05) is 17.0 Å². The van der Waals surface area contributed by atoms with Gasteiger partial charge in [0.1, 0.15) is 0 Å². The molecule has 0 saturated carbocycles. The first kappa shape index (κ1) is 17.5. The Bertz CT molecular complexity index is 537. The molecule has 0 radical (unpaired) electrons. The van der Waals surface area contributed by atoms with Gasteiger partial charge in [-0.05, 0) is 25.6 Å². The second-order valence-corrected chi connectivity index (χ2v) is 6.15. The number of carbonyl (C=O) groups is 2. The number of unbranched alkanes of at least 4 members (excludes halogenated alkanes) is 2. The molecule has 1 aliphatic rings. The van der Waals surface area contributed by atoms with Crippen LogP contribution in [0.2, 0.25) is 0 Å². The molecule has 2 rings (SSSR count). The van der Waals surface area contributed by atoms with Crippen molar-refractivity contribution in [3.05, 3.63) is 29.8 Å². The summed E-state index contributed by atoms with van der Waals surface area (Å²) in [4.78, 5) is 28.8. The van der Waals surface area contributed by atoms with Crippen molar-refractivity contribution in [2.24, 2.45) is 0 Å². The number of likely N-dealkylation sites (N-methyl/N-ethyl adjacent to an activating group) is 1. The number of benzene rings is 1. The quantitative estimate of drug-likeness (QED) is 0.821. The monoisotopic (exact) mass is 317 g/mol. The molecule has 0 spiro atoms. The molecule has 1 fully saturated rings. The zero-order valence-electron chi connectivity index (χ0n) is 14.2. The average Bonchev–Trinajstić information content (AvgIpc) is 2.56. The predicted octanol–water partition coefficient (Wildman–Crippen LogP) is 2.59. The Hall–Kier alpha value is -1.88. The maximum absolute atomic E-state index is 12.7. The Morgan fingerprint density at radius 1 is 1.09 bits per heavy atom. The van der Waals surface area contributed by atoms with Gasteiger partial charge in [0.05, 0.1) is 11.3 Å². The van der Waals surface area contributed by atoms with Crippen LogP contribution in [0.3, 0.4) is 0 Å². The number of rotatable bonds is 6. The number of hydrogen-bond acceptors (Lipinski definition) is 3. The molecule has 0 aromatic heterocycles. The molecule has 2 amide bonds. The SMILES string of the molecule is CCCCCC(=O)Nc1ccccc1C(=O)N1CCN(C)CC1. The van der Waals surface area contributed by atoms with Gasteiger partial charge in [0.2, 0.25) is 5.91 Å². The zero-order chi connectivity index (χ0) is 16.7. The van der Waals surface area contributed by atoms with Crippen molar-refractivity contribution in [2.75, 3.05) is 38.5 Å². The van der Waals surface area contributed by atoms with Crippen LogP contribution in [0.1, 0.15) is 43.0 Å². The number of nitrogens with one attached hydrogen (secondary N) is 1. The van der Waals surface area contributed by atoms with Gasteiger partial charge in [-0.1, -0.05) is 31.9 Å². The molecular weight excluding hydrogens is 290 g/mol. The largest absolute Gasteiger partial charge is 0.336 e. The second kappa shape index (κ2) is 8.67. The van der Waals surface area contributed by atoms with Crippen molar-refractivity contribution in [1.29, 1.82) is 0 Å². The third-order valence-electron chi connectivity index (χ3n) is 4.23. The Morgan fingerprint density at radius 3 is 2.48 bits per heavy atom. The summed E-state index contributed by atoms with van der Waals surface area (Å²) < 4.78 is 0. The van der Waals surface area contributed by atoms with Crippen molar-refractivity contribution in [1.82, 2.24) is 9.80 Å². The van der Waals surface area contributed by atoms with E-state index in [1.165, 1.54) is 0 Å². The van der Waals surface area contributed by atoms with Crippen LogP contribution >= 0.6 is 0 Å². The van der Waals surface area contributed by atoms with Crippen molar-refractivity contribution in [3.63, 3.8) is 0 Å². The Balaban J connectivity index is 2.02. The third-order valence-corrected chi connectivity index (χ3v) is 4.23. The molecule has 0 bridgehead atoms. The van der Waals surface area contributed by atoms with Gasteiger partial charge in [0.15, 0.2) is 0 Å². The lowest BCUT2D eigenvalue weighted by atomic mass is 10.1. The van der Waals surface area contributed by atoms with Crippen LogP contribution in [0.25, 0.3) is 0 Å². The summed E-state index contributed by atoms with van der Waals surface area (Å²) in [6.07, 6.45) is 3.53. The Kier molecular flexibility index (Phi) is 6.59. The van der Waals surface area contributed by atoms with Crippen LogP contribution in [0.15, 0.2) is 24.3 Å². The fourth-order valence-corrected chi connectivity index (χ4v) is 2.71. The average molecular weight is 317 g/mol. The smallest absolute Gasteiger partial charge is 0.256 e. The molecule has 1 N–H and O–H groups in total. The molecule has 1 heterocycles. The van der Waals surface area contributed by atoms with Crippen molar-refractivity contribution in [2.45, 2.75) is 32.6 Å². The van der Waals surface area contributed by atoms with Gasteiger partial charge in [-0.25, -0.2) is 0 Å². The summed E-state index contributed by atoms with van der Waals surface area (Å²) in [5, 5.41) is 2.90. The number of hydrogen-bond donors (Lipinski definition) is 1. The summed E-state index contributed by atoms with van der Waals surface area (Å²) in [6.45, 7) is 5.35. The molecule has 126 valence electrons. The lowest BCUT2D eigenvalue weighted by Crippen LogP contribution is -2.47. The number of amides is 2. The topological polar surface area (TPSA) is 52.7 Å². The van der Waals surface area contributed by atoms with Crippen LogP contribution in [-0.4, -0.2) is 54.8 Å². The lowest BCUT2D eigenvalue weighted by Gasteiger charge is -2.32. The van der Waals surface area contributed by atoms with Gasteiger partial charge in [-0.15, -0.1) is 0 Å². The Morgan fingerprint density at radius 2 is 1.78 bits per heavy atom. The highest BCUT2D eigenvalue weighted by Gasteiger charge is 2.22. The third kappa shape index (κ3) is 5.06. The number of nitrogens with zero attached hydrogens (tertiary/aromatic N) is 2. The van der Waals surface area contributed by atoms with E-state index in [9.17, 15) is 9.59 Å². The number of para-hydroxylation sites is 1. The maximum Gasteiger partial charge on any atom is 0.256 e. The molecule has 1 saturated heterocycles. The molecule has 1 aromatic rings. The molecule has 5 nitrogen and oxygen atoms in total. The van der Waals surface area contributed by atoms with Crippen molar-refractivity contribution in [3.8, 4) is 0 Å². The number of anilines is 1. The van der Waals surface area contributed by atoms with Crippen LogP contribution in [0, 0.1) is 0 Å². The van der Waals surface area contributed by atoms with Gasteiger partial charge in [-0.2, -0.15) is 0 Å². The molecule has 0 atom stereocenters. The first-order chi connectivity index (χ1) is 11.1. The first-order valence-corrected chi connectivity index (χ1v) is 8.48. The van der Waals surface area contributed by atoms with Crippen LogP contribution in [-0.2, 0) is 4.79 Å². The van der Waals surface area contributed by atoms with Crippen molar-refractivity contribution < 1.29 is 9.59 Å². The predicted molar refractivity (Wildman–Crippen MR) is 92.6 cm³/mol. The fourth-order valence-electron chi connectivity index (χ4n) is 2.71. The summed E-state index contributed by atoms with van der Waals surface area (Å²) in [5.74, 6) is -0.0142. The van der Waals surface area contributed by atoms with Gasteiger partial charge in [-0.3, -0.25) is 9.59 Å². The minimum absolute atomic E-state index is 0.00237.